The summed E-state index contributed by atoms with van der Waals surface area (Å²) in [7, 11) is 0. The van der Waals surface area contributed by atoms with Crippen molar-refractivity contribution in [2.75, 3.05) is 0 Å². The van der Waals surface area contributed by atoms with Crippen molar-refractivity contribution in [1.29, 1.82) is 0 Å². The first kappa shape index (κ1) is 14.0. The first-order chi connectivity index (χ1) is 10.3. The van der Waals surface area contributed by atoms with Crippen molar-refractivity contribution in [1.82, 2.24) is 24.9 Å². The molecule has 0 fully saturated rings. The molecule has 0 aliphatic heterocycles. The smallest absolute Gasteiger partial charge is 0.208 e. The van der Waals surface area contributed by atoms with Gasteiger partial charge in [0.25, 0.3) is 0 Å². The van der Waals surface area contributed by atoms with Crippen LogP contribution in [0.25, 0.3) is 21.9 Å². The zero-order valence-corrected chi connectivity index (χ0v) is 12.9. The van der Waals surface area contributed by atoms with Crippen LogP contribution in [0.4, 0.5) is 0 Å². The van der Waals surface area contributed by atoms with Gasteiger partial charge < -0.3 is 4.98 Å². The maximum absolute atomic E-state index is 6.16. The highest BCUT2D eigenvalue weighted by Gasteiger charge is 2.12. The van der Waals surface area contributed by atoms with Crippen LogP contribution in [0, 0.1) is 11.8 Å². The number of H-pyrrole nitrogens is 1. The normalized spacial score (nSPS) is 10.6. The van der Waals surface area contributed by atoms with Gasteiger partial charge in [0.15, 0.2) is 16.6 Å². The number of aromatic amines is 1. The summed E-state index contributed by atoms with van der Waals surface area (Å²) in [6.45, 7) is 2.13. The molecule has 0 saturated heterocycles. The van der Waals surface area contributed by atoms with Gasteiger partial charge in [-0.2, -0.15) is 0 Å². The molecule has 0 atom stereocenters. The summed E-state index contributed by atoms with van der Waals surface area (Å²) in [5.74, 6) is 7.11. The molecule has 21 heavy (non-hydrogen) atoms. The highest BCUT2D eigenvalue weighted by atomic mass is 35.5. The largest absolute Gasteiger partial charge is 0.322 e. The number of hydrogen-bond acceptors (Lipinski definition) is 5. The SMILES string of the molecule is CCCCC#Cc1nc(Cl)c2nc(-c3cncs3)[nH]c2n1. The van der Waals surface area contributed by atoms with Crippen molar-refractivity contribution in [3.63, 3.8) is 0 Å². The average Bonchev–Trinajstić information content (AvgIpc) is 3.12. The van der Waals surface area contributed by atoms with Crippen LogP contribution in [0.3, 0.4) is 0 Å². The first-order valence-electron chi connectivity index (χ1n) is 6.59. The van der Waals surface area contributed by atoms with Crippen LogP contribution < -0.4 is 0 Å². The summed E-state index contributed by atoms with van der Waals surface area (Å²) in [6.07, 6.45) is 4.77. The number of nitrogens with one attached hydrogen (secondary N) is 1. The van der Waals surface area contributed by atoms with E-state index in [2.05, 4.69) is 43.7 Å². The molecule has 0 spiro atoms. The molecule has 0 aromatic carbocycles. The van der Waals surface area contributed by atoms with E-state index in [1.54, 1.807) is 11.7 Å². The van der Waals surface area contributed by atoms with E-state index < -0.39 is 0 Å². The van der Waals surface area contributed by atoms with Crippen LogP contribution >= 0.6 is 22.9 Å². The molecule has 5 nitrogen and oxygen atoms in total. The van der Waals surface area contributed by atoms with E-state index in [4.69, 9.17) is 11.6 Å². The number of thiazole rings is 1. The second-order valence-corrected chi connectivity index (χ2v) is 5.64. The summed E-state index contributed by atoms with van der Waals surface area (Å²) in [5.41, 5.74) is 2.90. The van der Waals surface area contributed by atoms with E-state index in [-0.39, 0.29) is 0 Å². The summed E-state index contributed by atoms with van der Waals surface area (Å²) in [4.78, 5) is 21.1. The molecule has 3 aromatic rings. The third-order valence-corrected chi connectivity index (χ3v) is 3.87. The Labute approximate surface area is 130 Å². The Morgan fingerprint density at radius 2 is 2.24 bits per heavy atom. The number of unbranched alkanes of at least 4 members (excludes halogenated alkanes) is 2. The maximum atomic E-state index is 6.16. The van der Waals surface area contributed by atoms with Gasteiger partial charge in [0.05, 0.1) is 10.4 Å². The van der Waals surface area contributed by atoms with Gasteiger partial charge in [0, 0.05) is 12.6 Å². The predicted molar refractivity (Wildman–Crippen MR) is 84.2 cm³/mol. The van der Waals surface area contributed by atoms with Crippen LogP contribution in [0.2, 0.25) is 5.15 Å². The van der Waals surface area contributed by atoms with Crippen molar-refractivity contribution in [3.8, 4) is 22.5 Å². The molecular formula is C14H12ClN5S. The standard InChI is InChI=1S/C14H12ClN5S/c1-2-3-4-5-6-10-17-12(15)11-14(18-10)20-13(19-11)9-7-16-8-21-9/h7-8H,2-4H2,1H3,(H,17,18,19,20). The fourth-order valence-electron chi connectivity index (χ4n) is 1.78. The third kappa shape index (κ3) is 3.04. The lowest BCUT2D eigenvalue weighted by Gasteiger charge is -1.92. The van der Waals surface area contributed by atoms with Crippen molar-refractivity contribution >= 4 is 34.1 Å². The van der Waals surface area contributed by atoms with Crippen molar-refractivity contribution in [3.05, 3.63) is 22.7 Å². The lowest BCUT2D eigenvalue weighted by molar-refractivity contribution is 0.828. The second kappa shape index (κ2) is 6.20. The first-order valence-corrected chi connectivity index (χ1v) is 7.84. The van der Waals surface area contributed by atoms with Gasteiger partial charge in [-0.15, -0.1) is 11.3 Å². The summed E-state index contributed by atoms with van der Waals surface area (Å²) < 4.78 is 0. The predicted octanol–water partition coefficient (Wildman–Crippen LogP) is 3.67. The molecule has 0 aliphatic rings. The molecule has 0 bridgehead atoms. The Morgan fingerprint density at radius 3 is 3.00 bits per heavy atom. The Morgan fingerprint density at radius 1 is 1.33 bits per heavy atom. The van der Waals surface area contributed by atoms with Gasteiger partial charge in [-0.25, -0.2) is 15.0 Å². The number of rotatable bonds is 3. The van der Waals surface area contributed by atoms with Crippen molar-refractivity contribution in [2.24, 2.45) is 0 Å². The number of nitrogens with zero attached hydrogens (tertiary/aromatic N) is 4. The van der Waals surface area contributed by atoms with Gasteiger partial charge in [0.2, 0.25) is 5.82 Å². The topological polar surface area (TPSA) is 67.3 Å². The fourth-order valence-corrected chi connectivity index (χ4v) is 2.55. The summed E-state index contributed by atoms with van der Waals surface area (Å²) in [5, 5.41) is 0.312. The van der Waals surface area contributed by atoms with Crippen LogP contribution in [0.15, 0.2) is 11.7 Å². The molecule has 0 unspecified atom stereocenters. The average molecular weight is 318 g/mol. The summed E-state index contributed by atoms with van der Waals surface area (Å²) in [6, 6.07) is 0. The number of aromatic nitrogens is 5. The van der Waals surface area contributed by atoms with Crippen molar-refractivity contribution < 1.29 is 0 Å². The van der Waals surface area contributed by atoms with Gasteiger partial charge in [-0.05, 0) is 12.3 Å². The highest BCUT2D eigenvalue weighted by Crippen LogP contribution is 2.25. The Bertz CT molecular complexity index is 813. The molecule has 0 radical (unpaired) electrons. The molecule has 1 N–H and O–H groups in total. The van der Waals surface area contributed by atoms with E-state index in [1.807, 2.05) is 0 Å². The Balaban J connectivity index is 1.97. The molecule has 0 saturated carbocycles. The minimum absolute atomic E-state index is 0.312. The van der Waals surface area contributed by atoms with Gasteiger partial charge in [-0.3, -0.25) is 4.98 Å². The van der Waals surface area contributed by atoms with Gasteiger partial charge >= 0.3 is 0 Å². The molecule has 3 aromatic heterocycles. The zero-order chi connectivity index (χ0) is 14.7. The highest BCUT2D eigenvalue weighted by molar-refractivity contribution is 7.13. The van der Waals surface area contributed by atoms with Crippen molar-refractivity contribution in [2.45, 2.75) is 26.2 Å². The van der Waals surface area contributed by atoms with Gasteiger partial charge in [-0.1, -0.05) is 30.9 Å². The van der Waals surface area contributed by atoms with Crippen LogP contribution in [0.1, 0.15) is 32.0 Å². The summed E-state index contributed by atoms with van der Waals surface area (Å²) >= 11 is 7.66. The monoisotopic (exact) mass is 317 g/mol. The lowest BCUT2D eigenvalue weighted by Crippen LogP contribution is -1.91. The van der Waals surface area contributed by atoms with Gasteiger partial charge in [0.1, 0.15) is 5.52 Å². The van der Waals surface area contributed by atoms with E-state index in [0.29, 0.717) is 28.0 Å². The number of hydrogen-bond donors (Lipinski definition) is 1. The van der Waals surface area contributed by atoms with Crippen LogP contribution in [0.5, 0.6) is 0 Å². The van der Waals surface area contributed by atoms with E-state index in [9.17, 15) is 0 Å². The molecule has 3 heterocycles. The van der Waals surface area contributed by atoms with E-state index in [1.165, 1.54) is 11.3 Å². The number of fused-ring (bicyclic) bond motifs is 1. The Kier molecular flexibility index (Phi) is 4.13. The molecule has 7 heteroatoms. The quantitative estimate of drug-likeness (QED) is 0.454. The van der Waals surface area contributed by atoms with Crippen LogP contribution in [-0.4, -0.2) is 24.9 Å². The minimum Gasteiger partial charge on any atom is -0.322 e. The minimum atomic E-state index is 0.312. The molecule has 3 rings (SSSR count). The second-order valence-electron chi connectivity index (χ2n) is 4.39. The number of imidazole rings is 1. The molecule has 0 amide bonds. The molecule has 0 aliphatic carbocycles. The third-order valence-electron chi connectivity index (χ3n) is 2.82. The Hall–Kier alpha value is -1.97. The molecular weight excluding hydrogens is 306 g/mol. The number of halogens is 1. The lowest BCUT2D eigenvalue weighted by atomic mass is 10.2. The van der Waals surface area contributed by atoms with Crippen LogP contribution in [-0.2, 0) is 0 Å². The fraction of sp³-hybridized carbons (Fsp3) is 0.286. The molecule has 106 valence electrons. The zero-order valence-electron chi connectivity index (χ0n) is 11.4. The maximum Gasteiger partial charge on any atom is 0.208 e. The van der Waals surface area contributed by atoms with E-state index in [0.717, 1.165) is 24.1 Å². The van der Waals surface area contributed by atoms with E-state index >= 15 is 0 Å².